The highest BCUT2D eigenvalue weighted by Gasteiger charge is 2.29. The molecular formula is C13H19N5O3. The first-order valence-corrected chi connectivity index (χ1v) is 7.21. The maximum atomic E-state index is 11.1. The van der Waals surface area contributed by atoms with E-state index in [1.807, 2.05) is 18.7 Å². The minimum Gasteiger partial charge on any atom is -0.372 e. The summed E-state index contributed by atoms with van der Waals surface area (Å²) in [5.74, 6) is 0.838. The molecule has 1 aliphatic heterocycles. The maximum Gasteiger partial charge on any atom is 0.329 e. The van der Waals surface area contributed by atoms with Gasteiger partial charge >= 0.3 is 5.69 Å². The molecule has 2 atom stereocenters. The Hall–Kier alpha value is -1.96. The fraction of sp³-hybridized carbons (Fsp3) is 0.692. The number of morpholine rings is 1. The van der Waals surface area contributed by atoms with E-state index >= 15 is 0 Å². The van der Waals surface area contributed by atoms with Crippen molar-refractivity contribution in [1.82, 2.24) is 9.97 Å². The number of nitrogens with zero attached hydrogens (tertiary/aromatic N) is 4. The fourth-order valence-corrected chi connectivity index (χ4v) is 2.52. The number of anilines is 2. The average molecular weight is 293 g/mol. The monoisotopic (exact) mass is 293 g/mol. The SMILES string of the molecule is CC1CN(c2ncc([N+](=O)[O-])c(NC3CC3)n2)CC(C)O1. The third kappa shape index (κ3) is 3.21. The summed E-state index contributed by atoms with van der Waals surface area (Å²) >= 11 is 0. The summed E-state index contributed by atoms with van der Waals surface area (Å²) in [6.07, 6.45) is 3.53. The molecule has 1 saturated carbocycles. The number of nitro groups is 1. The van der Waals surface area contributed by atoms with Crippen LogP contribution in [0.3, 0.4) is 0 Å². The highest BCUT2D eigenvalue weighted by Crippen LogP contribution is 2.30. The van der Waals surface area contributed by atoms with Gasteiger partial charge < -0.3 is 15.0 Å². The Kier molecular flexibility index (Phi) is 3.62. The van der Waals surface area contributed by atoms with Gasteiger partial charge in [0.15, 0.2) is 0 Å². The van der Waals surface area contributed by atoms with Crippen molar-refractivity contribution in [3.63, 3.8) is 0 Å². The van der Waals surface area contributed by atoms with Gasteiger partial charge in [0.25, 0.3) is 0 Å². The van der Waals surface area contributed by atoms with E-state index < -0.39 is 4.92 Å². The van der Waals surface area contributed by atoms with Crippen LogP contribution in [0.4, 0.5) is 17.5 Å². The van der Waals surface area contributed by atoms with Crippen LogP contribution in [0.25, 0.3) is 0 Å². The van der Waals surface area contributed by atoms with E-state index in [1.165, 1.54) is 6.20 Å². The molecule has 0 aromatic carbocycles. The van der Waals surface area contributed by atoms with E-state index in [0.29, 0.717) is 30.9 Å². The lowest BCUT2D eigenvalue weighted by Gasteiger charge is -2.35. The fourth-order valence-electron chi connectivity index (χ4n) is 2.52. The van der Waals surface area contributed by atoms with Crippen LogP contribution in [0.15, 0.2) is 6.20 Å². The highest BCUT2D eigenvalue weighted by atomic mass is 16.6. The largest absolute Gasteiger partial charge is 0.372 e. The lowest BCUT2D eigenvalue weighted by Crippen LogP contribution is -2.46. The van der Waals surface area contributed by atoms with Gasteiger partial charge in [0.2, 0.25) is 11.8 Å². The van der Waals surface area contributed by atoms with Crippen LogP contribution in [-0.2, 0) is 4.74 Å². The minimum atomic E-state index is -0.445. The molecule has 0 radical (unpaired) electrons. The lowest BCUT2D eigenvalue weighted by molar-refractivity contribution is -0.384. The van der Waals surface area contributed by atoms with Crippen LogP contribution in [0.1, 0.15) is 26.7 Å². The minimum absolute atomic E-state index is 0.0694. The molecule has 2 fully saturated rings. The van der Waals surface area contributed by atoms with Gasteiger partial charge in [-0.2, -0.15) is 4.98 Å². The second-order valence-corrected chi connectivity index (χ2v) is 5.74. The number of hydrogen-bond donors (Lipinski definition) is 1. The zero-order valence-corrected chi connectivity index (χ0v) is 12.2. The van der Waals surface area contributed by atoms with Crippen LogP contribution in [0.5, 0.6) is 0 Å². The van der Waals surface area contributed by atoms with Crippen LogP contribution in [0.2, 0.25) is 0 Å². The van der Waals surface area contributed by atoms with Gasteiger partial charge in [-0.25, -0.2) is 4.98 Å². The van der Waals surface area contributed by atoms with Crippen molar-refractivity contribution >= 4 is 17.5 Å². The molecule has 2 aliphatic rings. The zero-order valence-electron chi connectivity index (χ0n) is 12.2. The van der Waals surface area contributed by atoms with E-state index in [4.69, 9.17) is 4.74 Å². The van der Waals surface area contributed by atoms with E-state index in [2.05, 4.69) is 15.3 Å². The molecule has 1 N–H and O–H groups in total. The zero-order chi connectivity index (χ0) is 15.0. The van der Waals surface area contributed by atoms with Crippen molar-refractivity contribution in [1.29, 1.82) is 0 Å². The second-order valence-electron chi connectivity index (χ2n) is 5.74. The topological polar surface area (TPSA) is 93.4 Å². The first-order chi connectivity index (χ1) is 10.0. The molecule has 114 valence electrons. The van der Waals surface area contributed by atoms with Gasteiger partial charge in [-0.3, -0.25) is 10.1 Å². The summed E-state index contributed by atoms with van der Waals surface area (Å²) in [5, 5.41) is 14.2. The molecule has 8 heteroatoms. The molecule has 21 heavy (non-hydrogen) atoms. The Balaban J connectivity index is 1.86. The standard InChI is InChI=1S/C13H19N5O3/c1-8-6-17(7-9(2)21-8)13-14-5-11(18(19)20)12(16-13)15-10-3-4-10/h5,8-10H,3-4,6-7H2,1-2H3,(H,14,15,16). The van der Waals surface area contributed by atoms with Crippen molar-refractivity contribution < 1.29 is 9.66 Å². The van der Waals surface area contributed by atoms with E-state index in [1.54, 1.807) is 0 Å². The van der Waals surface area contributed by atoms with Crippen LogP contribution < -0.4 is 10.2 Å². The van der Waals surface area contributed by atoms with Crippen LogP contribution >= 0.6 is 0 Å². The van der Waals surface area contributed by atoms with E-state index in [9.17, 15) is 10.1 Å². The quantitative estimate of drug-likeness (QED) is 0.665. The van der Waals surface area contributed by atoms with Gasteiger partial charge in [0, 0.05) is 19.1 Å². The Labute approximate surface area is 122 Å². The molecular weight excluding hydrogens is 274 g/mol. The first kappa shape index (κ1) is 14.0. The third-order valence-electron chi connectivity index (χ3n) is 3.57. The summed E-state index contributed by atoms with van der Waals surface area (Å²) < 4.78 is 5.68. The summed E-state index contributed by atoms with van der Waals surface area (Å²) in [7, 11) is 0. The number of rotatable bonds is 4. The first-order valence-electron chi connectivity index (χ1n) is 7.21. The molecule has 2 heterocycles. The molecule has 1 aromatic rings. The van der Waals surface area contributed by atoms with Gasteiger partial charge in [0.1, 0.15) is 6.20 Å². The van der Waals surface area contributed by atoms with Crippen molar-refractivity contribution in [2.45, 2.75) is 44.9 Å². The average Bonchev–Trinajstić information content (AvgIpc) is 3.21. The summed E-state index contributed by atoms with van der Waals surface area (Å²) in [6, 6.07) is 0.300. The maximum absolute atomic E-state index is 11.1. The molecule has 1 aromatic heterocycles. The van der Waals surface area contributed by atoms with Crippen LogP contribution in [0, 0.1) is 10.1 Å². The van der Waals surface area contributed by atoms with Gasteiger partial charge in [-0.15, -0.1) is 0 Å². The predicted molar refractivity (Wildman–Crippen MR) is 77.6 cm³/mol. The summed E-state index contributed by atoms with van der Waals surface area (Å²) in [5.41, 5.74) is -0.0694. The molecule has 1 aliphatic carbocycles. The number of aromatic nitrogens is 2. The Morgan fingerprint density at radius 3 is 2.62 bits per heavy atom. The number of nitrogens with one attached hydrogen (secondary N) is 1. The molecule has 1 saturated heterocycles. The van der Waals surface area contributed by atoms with Gasteiger partial charge in [-0.05, 0) is 26.7 Å². The smallest absolute Gasteiger partial charge is 0.329 e. The third-order valence-corrected chi connectivity index (χ3v) is 3.57. The molecule has 0 spiro atoms. The normalized spacial score (nSPS) is 25.7. The van der Waals surface area contributed by atoms with Crippen molar-refractivity contribution in [2.75, 3.05) is 23.3 Å². The summed E-state index contributed by atoms with van der Waals surface area (Å²) in [4.78, 5) is 21.2. The van der Waals surface area contributed by atoms with E-state index in [0.717, 1.165) is 12.8 Å². The highest BCUT2D eigenvalue weighted by molar-refractivity contribution is 5.58. The molecule has 3 rings (SSSR count). The molecule has 0 bridgehead atoms. The molecule has 2 unspecified atom stereocenters. The van der Waals surface area contributed by atoms with Crippen LogP contribution in [-0.4, -0.2) is 46.2 Å². The second kappa shape index (κ2) is 5.44. The number of hydrogen-bond acceptors (Lipinski definition) is 7. The number of ether oxygens (including phenoxy) is 1. The lowest BCUT2D eigenvalue weighted by atomic mass is 10.2. The Morgan fingerprint density at radius 1 is 1.38 bits per heavy atom. The van der Waals surface area contributed by atoms with Gasteiger partial charge in [0.05, 0.1) is 17.1 Å². The molecule has 8 nitrogen and oxygen atoms in total. The van der Waals surface area contributed by atoms with E-state index in [-0.39, 0.29) is 17.9 Å². The van der Waals surface area contributed by atoms with Crippen molar-refractivity contribution in [3.05, 3.63) is 16.3 Å². The Morgan fingerprint density at radius 2 is 2.05 bits per heavy atom. The Bertz CT molecular complexity index is 539. The predicted octanol–water partition coefficient (Wildman–Crippen LogP) is 1.57. The van der Waals surface area contributed by atoms with Crippen molar-refractivity contribution in [2.24, 2.45) is 0 Å². The van der Waals surface area contributed by atoms with Gasteiger partial charge in [-0.1, -0.05) is 0 Å². The summed E-state index contributed by atoms with van der Waals surface area (Å²) in [6.45, 7) is 5.37. The van der Waals surface area contributed by atoms with Crippen molar-refractivity contribution in [3.8, 4) is 0 Å². The molecule has 0 amide bonds.